The van der Waals surface area contributed by atoms with Gasteiger partial charge in [-0.1, -0.05) is 312 Å². The van der Waals surface area contributed by atoms with Crippen molar-refractivity contribution in [3.63, 3.8) is 0 Å². The van der Waals surface area contributed by atoms with Crippen molar-refractivity contribution in [1.29, 1.82) is 0 Å². The van der Waals surface area contributed by atoms with Crippen LogP contribution in [0.15, 0.2) is 72.9 Å². The molecule has 0 saturated carbocycles. The zero-order valence-corrected chi connectivity index (χ0v) is 54.8. The monoisotopic (exact) mass is 1150 g/mol. The summed E-state index contributed by atoms with van der Waals surface area (Å²) in [6, 6.07) is 0. The molecule has 1 unspecified atom stereocenters. The average molecular weight is 1150 g/mol. The third-order valence-corrected chi connectivity index (χ3v) is 15.9. The minimum absolute atomic E-state index is 0.0809. The van der Waals surface area contributed by atoms with Gasteiger partial charge in [-0.05, 0) is 116 Å². The maximum absolute atomic E-state index is 13.0. The molecule has 1 atom stereocenters. The molecule has 0 rings (SSSR count). The van der Waals surface area contributed by atoms with Crippen molar-refractivity contribution in [1.82, 2.24) is 0 Å². The topological polar surface area (TPSA) is 78.9 Å². The first-order valence-corrected chi connectivity index (χ1v) is 35.9. The summed E-state index contributed by atoms with van der Waals surface area (Å²) in [5.74, 6) is -0.882. The number of allylic oxidation sites excluding steroid dienone is 12. The van der Waals surface area contributed by atoms with Crippen LogP contribution in [0.1, 0.15) is 374 Å². The van der Waals surface area contributed by atoms with Gasteiger partial charge >= 0.3 is 17.9 Å². The summed E-state index contributed by atoms with van der Waals surface area (Å²) in [4.78, 5) is 38.5. The minimum Gasteiger partial charge on any atom is -0.462 e. The van der Waals surface area contributed by atoms with E-state index in [9.17, 15) is 14.4 Å². The lowest BCUT2D eigenvalue weighted by molar-refractivity contribution is -0.167. The van der Waals surface area contributed by atoms with Crippen molar-refractivity contribution in [3.05, 3.63) is 72.9 Å². The Kier molecular flexibility index (Phi) is 67.6. The first-order chi connectivity index (χ1) is 40.5. The highest BCUT2D eigenvalue weighted by Crippen LogP contribution is 2.17. The predicted octanol–water partition coefficient (Wildman–Crippen LogP) is 24.8. The molecular weight excluding hydrogens is 1010 g/mol. The van der Waals surface area contributed by atoms with E-state index in [0.717, 1.165) is 96.3 Å². The van der Waals surface area contributed by atoms with Gasteiger partial charge in [-0.2, -0.15) is 0 Å². The Morgan fingerprint density at radius 2 is 0.439 bits per heavy atom. The molecule has 0 amide bonds. The summed E-state index contributed by atoms with van der Waals surface area (Å²) in [6.45, 7) is 6.65. The van der Waals surface area contributed by atoms with E-state index < -0.39 is 6.10 Å². The van der Waals surface area contributed by atoms with E-state index in [1.165, 1.54) is 238 Å². The number of esters is 3. The molecule has 476 valence electrons. The van der Waals surface area contributed by atoms with Crippen LogP contribution >= 0.6 is 0 Å². The summed E-state index contributed by atoms with van der Waals surface area (Å²) in [5, 5.41) is 0. The number of hydrogen-bond acceptors (Lipinski definition) is 6. The summed E-state index contributed by atoms with van der Waals surface area (Å²) in [5.41, 5.74) is 0. The maximum atomic E-state index is 13.0. The van der Waals surface area contributed by atoms with Crippen LogP contribution in [0.3, 0.4) is 0 Å². The van der Waals surface area contributed by atoms with Crippen molar-refractivity contribution in [2.24, 2.45) is 0 Å². The molecule has 0 radical (unpaired) electrons. The van der Waals surface area contributed by atoms with Gasteiger partial charge < -0.3 is 14.2 Å². The van der Waals surface area contributed by atoms with Crippen LogP contribution < -0.4 is 0 Å². The van der Waals surface area contributed by atoms with Crippen molar-refractivity contribution in [2.75, 3.05) is 13.2 Å². The number of rotatable bonds is 66. The molecule has 6 heteroatoms. The molecule has 0 aromatic heterocycles. The third-order valence-electron chi connectivity index (χ3n) is 15.9. The summed E-state index contributed by atoms with van der Waals surface area (Å²) < 4.78 is 17.0. The molecule has 6 nitrogen and oxygen atoms in total. The normalized spacial score (nSPS) is 12.5. The second-order valence-corrected chi connectivity index (χ2v) is 24.1. The molecule has 0 aliphatic rings. The first-order valence-electron chi connectivity index (χ1n) is 35.9. The molecular formula is C76H136O6. The number of carbonyl (C=O) groups is 3. The fourth-order valence-electron chi connectivity index (χ4n) is 10.5. The smallest absolute Gasteiger partial charge is 0.306 e. The van der Waals surface area contributed by atoms with Crippen molar-refractivity contribution < 1.29 is 28.6 Å². The van der Waals surface area contributed by atoms with Gasteiger partial charge in [0.15, 0.2) is 6.10 Å². The number of hydrogen-bond donors (Lipinski definition) is 0. The molecule has 0 aliphatic carbocycles. The van der Waals surface area contributed by atoms with E-state index in [-0.39, 0.29) is 31.1 Å². The fourth-order valence-corrected chi connectivity index (χ4v) is 10.5. The molecule has 82 heavy (non-hydrogen) atoms. The quantitative estimate of drug-likeness (QED) is 0.0261. The Morgan fingerprint density at radius 3 is 0.707 bits per heavy atom. The van der Waals surface area contributed by atoms with E-state index in [1.54, 1.807) is 0 Å². The summed E-state index contributed by atoms with van der Waals surface area (Å²) in [7, 11) is 0. The Balaban J connectivity index is 4.34. The van der Waals surface area contributed by atoms with Crippen LogP contribution in [0.5, 0.6) is 0 Å². The highest BCUT2D eigenvalue weighted by Gasteiger charge is 2.19. The van der Waals surface area contributed by atoms with Gasteiger partial charge in [0.05, 0.1) is 0 Å². The Labute approximate surface area is 510 Å². The molecule has 0 aromatic carbocycles. The zero-order chi connectivity index (χ0) is 59.2. The Bertz CT molecular complexity index is 1500. The van der Waals surface area contributed by atoms with Crippen LogP contribution in [-0.4, -0.2) is 37.2 Å². The molecule has 0 fully saturated rings. The van der Waals surface area contributed by atoms with Crippen LogP contribution in [-0.2, 0) is 28.6 Å². The molecule has 0 N–H and O–H groups in total. The standard InChI is InChI=1S/C76H136O6/c1-4-7-10-13-16-19-22-25-28-31-33-35-37-38-40-41-43-45-48-51-54-57-60-63-66-69-75(78)81-72-73(71-80-74(77)68-65-62-59-56-53-50-47-30-27-24-21-18-15-12-9-6-3)82-76(79)70-67-64-61-58-55-52-49-46-44-42-39-36-34-32-29-26-23-20-17-14-11-8-5-2/h21,23-24,26,30-34,39,42,47,73H,4-20,22,25,27-29,35-38,40-41,43-46,48-72H2,1-3H3/b24-21-,26-23-,33-31-,34-32-,42-39-,47-30-. The third kappa shape index (κ3) is 67.6. The predicted molar refractivity (Wildman–Crippen MR) is 358 cm³/mol. The maximum Gasteiger partial charge on any atom is 0.306 e. The van der Waals surface area contributed by atoms with E-state index in [2.05, 4.69) is 93.7 Å². The van der Waals surface area contributed by atoms with E-state index in [0.29, 0.717) is 19.3 Å². The van der Waals surface area contributed by atoms with Crippen LogP contribution in [0.25, 0.3) is 0 Å². The first kappa shape index (κ1) is 78.8. The molecule has 0 bridgehead atoms. The van der Waals surface area contributed by atoms with Crippen LogP contribution in [0.4, 0.5) is 0 Å². The molecule has 0 saturated heterocycles. The highest BCUT2D eigenvalue weighted by molar-refractivity contribution is 5.71. The zero-order valence-electron chi connectivity index (χ0n) is 54.8. The second-order valence-electron chi connectivity index (χ2n) is 24.1. The average Bonchev–Trinajstić information content (AvgIpc) is 3.48. The number of carbonyl (C=O) groups excluding carboxylic acids is 3. The Morgan fingerprint density at radius 1 is 0.244 bits per heavy atom. The lowest BCUT2D eigenvalue weighted by atomic mass is 10.0. The summed E-state index contributed by atoms with van der Waals surface area (Å²) in [6.07, 6.45) is 92.1. The van der Waals surface area contributed by atoms with Gasteiger partial charge in [0.2, 0.25) is 0 Å². The fraction of sp³-hybridized carbons (Fsp3) is 0.803. The van der Waals surface area contributed by atoms with Gasteiger partial charge in [0.1, 0.15) is 13.2 Å². The lowest BCUT2D eigenvalue weighted by Crippen LogP contribution is -2.30. The Hall–Kier alpha value is -3.15. The van der Waals surface area contributed by atoms with Gasteiger partial charge in [0, 0.05) is 19.3 Å². The van der Waals surface area contributed by atoms with Gasteiger partial charge in [-0.25, -0.2) is 0 Å². The largest absolute Gasteiger partial charge is 0.462 e. The van der Waals surface area contributed by atoms with Crippen molar-refractivity contribution in [2.45, 2.75) is 380 Å². The van der Waals surface area contributed by atoms with E-state index in [1.807, 2.05) is 0 Å². The van der Waals surface area contributed by atoms with Crippen LogP contribution in [0.2, 0.25) is 0 Å². The number of unbranched alkanes of at least 4 members (excludes halogenated alkanes) is 43. The SMILES string of the molecule is CCCCCC/C=C\C/C=C\CCCCCCCC(=O)OCC(COC(=O)CCCCCCCCCCCCCCC/C=C\CCCCCCCCCC)OC(=O)CCCCCCCCCC/C=C\C/C=C\C/C=C\CCCCCCC. The lowest BCUT2D eigenvalue weighted by Gasteiger charge is -2.18. The van der Waals surface area contributed by atoms with Crippen molar-refractivity contribution in [3.8, 4) is 0 Å². The summed E-state index contributed by atoms with van der Waals surface area (Å²) >= 11 is 0. The minimum atomic E-state index is -0.787. The highest BCUT2D eigenvalue weighted by atomic mass is 16.6. The molecule has 0 spiro atoms. The molecule has 0 aromatic rings. The van der Waals surface area contributed by atoms with Crippen LogP contribution in [0, 0.1) is 0 Å². The van der Waals surface area contributed by atoms with Gasteiger partial charge in [0.25, 0.3) is 0 Å². The second kappa shape index (κ2) is 70.3. The van der Waals surface area contributed by atoms with E-state index in [4.69, 9.17) is 14.2 Å². The van der Waals surface area contributed by atoms with E-state index >= 15 is 0 Å². The van der Waals surface area contributed by atoms with Gasteiger partial charge in [-0.15, -0.1) is 0 Å². The van der Waals surface area contributed by atoms with Gasteiger partial charge in [-0.3, -0.25) is 14.4 Å². The van der Waals surface area contributed by atoms with Crippen molar-refractivity contribution >= 4 is 17.9 Å². The number of ether oxygens (including phenoxy) is 3. The molecule has 0 heterocycles. The molecule has 0 aliphatic heterocycles.